The van der Waals surface area contributed by atoms with E-state index in [1.54, 1.807) is 0 Å². The van der Waals surface area contributed by atoms with Gasteiger partial charge >= 0.3 is 0 Å². The second kappa shape index (κ2) is 5.00. The van der Waals surface area contributed by atoms with E-state index in [1.165, 1.54) is 3.57 Å². The average molecular weight is 295 g/mol. The molecule has 0 bridgehead atoms. The van der Waals surface area contributed by atoms with Gasteiger partial charge in [0.1, 0.15) is 0 Å². The third kappa shape index (κ3) is 2.73. The number of benzene rings is 2. The minimum absolute atomic E-state index is 0.227. The summed E-state index contributed by atoms with van der Waals surface area (Å²) in [6.07, 6.45) is 0. The quantitative estimate of drug-likeness (QED) is 0.731. The summed E-state index contributed by atoms with van der Waals surface area (Å²) in [5.74, 6) is 0. The van der Waals surface area contributed by atoms with Crippen molar-refractivity contribution in [2.24, 2.45) is 3.15 Å². The molecule has 0 aliphatic rings. The highest BCUT2D eigenvalue weighted by atomic mass is 127. The zero-order chi connectivity index (χ0) is 9.64. The fraction of sp³-hybridized carbons (Fsp3) is 0. The number of halogens is 1. The molecule has 0 atom stereocenters. The van der Waals surface area contributed by atoms with Crippen LogP contribution >= 0.6 is 21.0 Å². The molecule has 0 spiro atoms. The third-order valence-corrected chi connectivity index (χ3v) is 3.80. The van der Waals surface area contributed by atoms with Crippen LogP contribution in [0.1, 0.15) is 0 Å². The van der Waals surface area contributed by atoms with Gasteiger partial charge in [-0.05, 0) is 24.3 Å². The van der Waals surface area contributed by atoms with Crippen molar-refractivity contribution in [3.05, 3.63) is 64.2 Å². The van der Waals surface area contributed by atoms with Crippen LogP contribution in [-0.4, -0.2) is 0 Å². The van der Waals surface area contributed by atoms with Crippen LogP contribution in [0.3, 0.4) is 0 Å². The zero-order valence-electron chi connectivity index (χ0n) is 7.60. The first kappa shape index (κ1) is 9.52. The SMILES string of the molecule is c1ccc(/N=I/c2ccccc2)cc1. The van der Waals surface area contributed by atoms with Gasteiger partial charge in [-0.2, -0.15) is 0 Å². The van der Waals surface area contributed by atoms with E-state index < -0.39 is 0 Å². The summed E-state index contributed by atoms with van der Waals surface area (Å²) in [5, 5.41) is 0. The van der Waals surface area contributed by atoms with E-state index in [-0.39, 0.29) is 21.0 Å². The highest BCUT2D eigenvalue weighted by molar-refractivity contribution is 14.2. The lowest BCUT2D eigenvalue weighted by molar-refractivity contribution is 1.59. The van der Waals surface area contributed by atoms with Crippen LogP contribution in [0.5, 0.6) is 0 Å². The Kier molecular flexibility index (Phi) is 3.40. The monoisotopic (exact) mass is 295 g/mol. The molecule has 0 aliphatic carbocycles. The molecule has 0 fully saturated rings. The zero-order valence-corrected chi connectivity index (χ0v) is 9.76. The van der Waals surface area contributed by atoms with Crippen molar-refractivity contribution in [1.29, 1.82) is 0 Å². The number of rotatable bonds is 2. The molecule has 0 aliphatic heterocycles. The number of hydrogen-bond acceptors (Lipinski definition) is 1. The first-order chi connectivity index (χ1) is 6.95. The van der Waals surface area contributed by atoms with Crippen LogP contribution in [-0.2, 0) is 0 Å². The normalized spacial score (nSPS) is 11.1. The van der Waals surface area contributed by atoms with Gasteiger partial charge in [-0.25, -0.2) is 3.15 Å². The maximum absolute atomic E-state index is 4.59. The Morgan fingerprint density at radius 3 is 1.93 bits per heavy atom. The Bertz CT molecular complexity index is 367. The molecule has 0 amide bonds. The standard InChI is InChI=1S/C12H10IN/c1-3-7-11(8-4-1)13-14-12-9-5-2-6-10-12/h1-10H. The van der Waals surface area contributed by atoms with Crippen molar-refractivity contribution in [1.82, 2.24) is 0 Å². The Morgan fingerprint density at radius 1 is 0.714 bits per heavy atom. The van der Waals surface area contributed by atoms with E-state index >= 15 is 0 Å². The van der Waals surface area contributed by atoms with Crippen LogP contribution in [0.15, 0.2) is 63.8 Å². The molecule has 0 heterocycles. The maximum Gasteiger partial charge on any atom is 0.0691 e. The molecule has 2 aromatic carbocycles. The summed E-state index contributed by atoms with van der Waals surface area (Å²) in [4.78, 5) is 0. The predicted molar refractivity (Wildman–Crippen MR) is 67.7 cm³/mol. The average Bonchev–Trinajstić information content (AvgIpc) is 2.29. The molecule has 2 rings (SSSR count). The van der Waals surface area contributed by atoms with E-state index in [0.29, 0.717) is 0 Å². The summed E-state index contributed by atoms with van der Waals surface area (Å²) in [7, 11) is 0. The van der Waals surface area contributed by atoms with E-state index in [2.05, 4.69) is 27.4 Å². The Labute approximate surface area is 93.9 Å². The predicted octanol–water partition coefficient (Wildman–Crippen LogP) is 4.34. The van der Waals surface area contributed by atoms with Gasteiger partial charge in [-0.3, -0.25) is 0 Å². The van der Waals surface area contributed by atoms with E-state index in [4.69, 9.17) is 0 Å². The van der Waals surface area contributed by atoms with E-state index in [9.17, 15) is 0 Å². The van der Waals surface area contributed by atoms with Gasteiger partial charge in [0.25, 0.3) is 0 Å². The van der Waals surface area contributed by atoms with Gasteiger partial charge in [-0.15, -0.1) is 0 Å². The van der Waals surface area contributed by atoms with Gasteiger partial charge in [0.05, 0.1) is 5.69 Å². The molecule has 0 N–H and O–H groups in total. The highest BCUT2D eigenvalue weighted by Gasteiger charge is 1.86. The summed E-state index contributed by atoms with van der Waals surface area (Å²) >= 11 is -0.227. The molecule has 0 radical (unpaired) electrons. The molecule has 14 heavy (non-hydrogen) atoms. The van der Waals surface area contributed by atoms with Gasteiger partial charge in [0.2, 0.25) is 0 Å². The van der Waals surface area contributed by atoms with Gasteiger partial charge in [0.15, 0.2) is 0 Å². The maximum atomic E-state index is 4.59. The summed E-state index contributed by atoms with van der Waals surface area (Å²) < 4.78 is 5.94. The van der Waals surface area contributed by atoms with E-state index in [1.807, 2.05) is 36.4 Å². The van der Waals surface area contributed by atoms with Crippen LogP contribution in [0, 0.1) is 3.57 Å². The lowest BCUT2D eigenvalue weighted by Crippen LogP contribution is -1.65. The van der Waals surface area contributed by atoms with Crippen molar-refractivity contribution in [3.63, 3.8) is 0 Å². The molecule has 1 nitrogen and oxygen atoms in total. The molecule has 0 aromatic heterocycles. The molecular weight excluding hydrogens is 285 g/mol. The van der Waals surface area contributed by atoms with Gasteiger partial charge < -0.3 is 0 Å². The smallest absolute Gasteiger partial charge is 0.0691 e. The first-order valence-corrected chi connectivity index (χ1v) is 6.45. The van der Waals surface area contributed by atoms with Crippen molar-refractivity contribution in [2.75, 3.05) is 0 Å². The van der Waals surface area contributed by atoms with Crippen molar-refractivity contribution >= 4 is 26.7 Å². The van der Waals surface area contributed by atoms with Gasteiger partial charge in [-0.1, -0.05) is 36.4 Å². The highest BCUT2D eigenvalue weighted by Crippen LogP contribution is 2.21. The van der Waals surface area contributed by atoms with E-state index in [0.717, 1.165) is 5.69 Å². The lowest BCUT2D eigenvalue weighted by atomic mass is 10.3. The Morgan fingerprint density at radius 2 is 1.29 bits per heavy atom. The molecule has 0 unspecified atom stereocenters. The number of nitrogens with zero attached hydrogens (tertiary/aromatic N) is 1. The minimum atomic E-state index is -0.227. The largest absolute Gasteiger partial charge is 0.222 e. The van der Waals surface area contributed by atoms with Crippen molar-refractivity contribution in [3.8, 4) is 0 Å². The first-order valence-electron chi connectivity index (χ1n) is 4.40. The third-order valence-electron chi connectivity index (χ3n) is 1.73. The fourth-order valence-electron chi connectivity index (χ4n) is 1.05. The molecule has 0 saturated carbocycles. The molecule has 2 heteroatoms. The Balaban J connectivity index is 2.16. The summed E-state index contributed by atoms with van der Waals surface area (Å²) in [6.45, 7) is 0. The van der Waals surface area contributed by atoms with Crippen LogP contribution in [0.2, 0.25) is 0 Å². The Hall–Kier alpha value is -1.03. The molecule has 2 aromatic rings. The minimum Gasteiger partial charge on any atom is -0.222 e. The molecule has 0 saturated heterocycles. The van der Waals surface area contributed by atoms with Gasteiger partial charge in [0, 0.05) is 24.6 Å². The summed E-state index contributed by atoms with van der Waals surface area (Å²) in [6, 6.07) is 20.6. The molecule has 70 valence electrons. The van der Waals surface area contributed by atoms with Crippen LogP contribution < -0.4 is 0 Å². The lowest BCUT2D eigenvalue weighted by Gasteiger charge is -1.91. The van der Waals surface area contributed by atoms with Crippen molar-refractivity contribution in [2.45, 2.75) is 0 Å². The number of hydrogen-bond donors (Lipinski definition) is 0. The van der Waals surface area contributed by atoms with Crippen LogP contribution in [0.25, 0.3) is 0 Å². The van der Waals surface area contributed by atoms with Crippen molar-refractivity contribution < 1.29 is 0 Å². The fourth-order valence-corrected chi connectivity index (χ4v) is 2.67. The second-order valence-corrected chi connectivity index (χ2v) is 5.01. The molecular formula is C12H10IN. The second-order valence-electron chi connectivity index (χ2n) is 2.80. The summed E-state index contributed by atoms with van der Waals surface area (Å²) in [5.41, 5.74) is 1.09. The topological polar surface area (TPSA) is 12.4 Å². The van der Waals surface area contributed by atoms with Crippen LogP contribution in [0.4, 0.5) is 5.69 Å².